The van der Waals surface area contributed by atoms with Crippen molar-refractivity contribution in [2.24, 2.45) is 0 Å². The summed E-state index contributed by atoms with van der Waals surface area (Å²) in [5.74, 6) is -0.548. The lowest BCUT2D eigenvalue weighted by atomic mass is 10.0. The van der Waals surface area contributed by atoms with E-state index in [4.69, 9.17) is 4.74 Å². The van der Waals surface area contributed by atoms with Gasteiger partial charge in [-0.25, -0.2) is 4.79 Å². The molecule has 0 aromatic heterocycles. The zero-order chi connectivity index (χ0) is 15.4. The summed E-state index contributed by atoms with van der Waals surface area (Å²) in [5.41, 5.74) is 1.34. The van der Waals surface area contributed by atoms with Crippen LogP contribution in [0.3, 0.4) is 0 Å². The maximum absolute atomic E-state index is 12.3. The molecular formula is C19H16O3. The molecule has 0 bridgehead atoms. The summed E-state index contributed by atoms with van der Waals surface area (Å²) in [6.07, 6.45) is 0.651. The van der Waals surface area contributed by atoms with Crippen LogP contribution in [-0.4, -0.2) is 17.7 Å². The fourth-order valence-corrected chi connectivity index (χ4v) is 2.45. The van der Waals surface area contributed by atoms with Gasteiger partial charge in [0.05, 0.1) is 6.61 Å². The largest absolute Gasteiger partial charge is 0.507 e. The molecule has 0 aliphatic rings. The number of fused-ring (bicyclic) bond motifs is 1. The van der Waals surface area contributed by atoms with Gasteiger partial charge in [0.15, 0.2) is 0 Å². The summed E-state index contributed by atoms with van der Waals surface area (Å²) < 4.78 is 5.32. The fraction of sp³-hybridized carbons (Fsp3) is 0.105. The average Bonchev–Trinajstić information content (AvgIpc) is 2.55. The highest BCUT2D eigenvalue weighted by molar-refractivity contribution is 6.06. The number of carbonyl (C=O) groups is 1. The predicted octanol–water partition coefficient (Wildman–Crippen LogP) is 3.94. The Morgan fingerprint density at radius 1 is 0.909 bits per heavy atom. The minimum absolute atomic E-state index is 0.0524. The van der Waals surface area contributed by atoms with Crippen LogP contribution >= 0.6 is 0 Å². The van der Waals surface area contributed by atoms with Crippen LogP contribution in [0.1, 0.15) is 15.9 Å². The number of hydrogen-bond acceptors (Lipinski definition) is 3. The first-order valence-corrected chi connectivity index (χ1v) is 7.17. The molecule has 0 unspecified atom stereocenters. The Balaban J connectivity index is 1.76. The third kappa shape index (κ3) is 2.93. The maximum Gasteiger partial charge on any atom is 0.342 e. The second kappa shape index (κ2) is 6.31. The van der Waals surface area contributed by atoms with Crippen molar-refractivity contribution in [1.82, 2.24) is 0 Å². The number of phenols is 1. The summed E-state index contributed by atoms with van der Waals surface area (Å²) in [5, 5.41) is 11.6. The second-order valence-corrected chi connectivity index (χ2v) is 5.05. The van der Waals surface area contributed by atoms with Gasteiger partial charge in [0.25, 0.3) is 0 Å². The molecule has 110 valence electrons. The van der Waals surface area contributed by atoms with Crippen LogP contribution in [-0.2, 0) is 11.2 Å². The van der Waals surface area contributed by atoms with Gasteiger partial charge in [-0.3, -0.25) is 0 Å². The van der Waals surface area contributed by atoms with E-state index in [1.165, 1.54) is 6.07 Å². The van der Waals surface area contributed by atoms with E-state index in [0.29, 0.717) is 11.8 Å². The van der Waals surface area contributed by atoms with Crippen LogP contribution in [0.15, 0.2) is 66.7 Å². The van der Waals surface area contributed by atoms with Gasteiger partial charge in [0, 0.05) is 6.42 Å². The van der Waals surface area contributed by atoms with E-state index >= 15 is 0 Å². The third-order valence-corrected chi connectivity index (χ3v) is 3.58. The minimum atomic E-state index is -0.495. The van der Waals surface area contributed by atoms with Crippen LogP contribution < -0.4 is 0 Å². The lowest BCUT2D eigenvalue weighted by molar-refractivity contribution is 0.0508. The van der Waals surface area contributed by atoms with E-state index < -0.39 is 5.97 Å². The van der Waals surface area contributed by atoms with Gasteiger partial charge in [0.1, 0.15) is 11.3 Å². The zero-order valence-electron chi connectivity index (χ0n) is 12.0. The van der Waals surface area contributed by atoms with Gasteiger partial charge in [-0.1, -0.05) is 60.7 Å². The third-order valence-electron chi connectivity index (χ3n) is 3.58. The highest BCUT2D eigenvalue weighted by atomic mass is 16.5. The van der Waals surface area contributed by atoms with E-state index in [0.717, 1.165) is 10.9 Å². The summed E-state index contributed by atoms with van der Waals surface area (Å²) in [7, 11) is 0. The molecule has 0 spiro atoms. The Kier molecular flexibility index (Phi) is 4.05. The van der Waals surface area contributed by atoms with Crippen molar-refractivity contribution in [2.45, 2.75) is 6.42 Å². The molecule has 3 heteroatoms. The monoisotopic (exact) mass is 292 g/mol. The van der Waals surface area contributed by atoms with Gasteiger partial charge in [-0.2, -0.15) is 0 Å². The van der Waals surface area contributed by atoms with Gasteiger partial charge in [-0.05, 0) is 22.4 Å². The van der Waals surface area contributed by atoms with E-state index in [9.17, 15) is 9.90 Å². The highest BCUT2D eigenvalue weighted by Gasteiger charge is 2.16. The predicted molar refractivity (Wildman–Crippen MR) is 86.0 cm³/mol. The fourth-order valence-electron chi connectivity index (χ4n) is 2.45. The minimum Gasteiger partial charge on any atom is -0.507 e. The van der Waals surface area contributed by atoms with E-state index in [1.54, 1.807) is 6.07 Å². The van der Waals surface area contributed by atoms with Crippen LogP contribution in [0.2, 0.25) is 0 Å². The molecule has 0 fully saturated rings. The molecular weight excluding hydrogens is 276 g/mol. The molecule has 3 aromatic rings. The standard InChI is InChI=1S/C19H16O3/c20-17-11-10-15-8-4-5-9-16(15)18(17)19(21)22-13-12-14-6-2-1-3-7-14/h1-11,20H,12-13H2. The number of ether oxygens (including phenoxy) is 1. The van der Waals surface area contributed by atoms with Crippen LogP contribution in [0.25, 0.3) is 10.8 Å². The van der Waals surface area contributed by atoms with Crippen molar-refractivity contribution in [3.8, 4) is 5.75 Å². The Hall–Kier alpha value is -2.81. The Morgan fingerprint density at radius 2 is 1.64 bits per heavy atom. The number of aromatic hydroxyl groups is 1. The van der Waals surface area contributed by atoms with Crippen molar-refractivity contribution < 1.29 is 14.6 Å². The number of rotatable bonds is 4. The van der Waals surface area contributed by atoms with Gasteiger partial charge in [0.2, 0.25) is 0 Å². The van der Waals surface area contributed by atoms with Gasteiger partial charge >= 0.3 is 5.97 Å². The van der Waals surface area contributed by atoms with Crippen LogP contribution in [0.5, 0.6) is 5.75 Å². The average molecular weight is 292 g/mol. The van der Waals surface area contributed by atoms with E-state index in [2.05, 4.69) is 0 Å². The van der Waals surface area contributed by atoms with E-state index in [1.807, 2.05) is 54.6 Å². The Morgan fingerprint density at radius 3 is 2.45 bits per heavy atom. The first kappa shape index (κ1) is 14.1. The summed E-state index contributed by atoms with van der Waals surface area (Å²) in [6.45, 7) is 0.283. The first-order valence-electron chi connectivity index (χ1n) is 7.17. The number of esters is 1. The second-order valence-electron chi connectivity index (χ2n) is 5.05. The summed E-state index contributed by atoms with van der Waals surface area (Å²) in [6, 6.07) is 20.6. The number of carbonyl (C=O) groups excluding carboxylic acids is 1. The van der Waals surface area contributed by atoms with Crippen molar-refractivity contribution in [1.29, 1.82) is 0 Å². The summed E-state index contributed by atoms with van der Waals surface area (Å²) in [4.78, 5) is 12.3. The Labute approximate surface area is 128 Å². The molecule has 0 atom stereocenters. The molecule has 0 amide bonds. The SMILES string of the molecule is O=C(OCCc1ccccc1)c1c(O)ccc2ccccc12. The lowest BCUT2D eigenvalue weighted by Gasteiger charge is -2.09. The topological polar surface area (TPSA) is 46.5 Å². The first-order chi connectivity index (χ1) is 10.8. The normalized spacial score (nSPS) is 10.5. The maximum atomic E-state index is 12.3. The van der Waals surface area contributed by atoms with Gasteiger partial charge < -0.3 is 9.84 Å². The molecule has 0 saturated carbocycles. The molecule has 3 aromatic carbocycles. The van der Waals surface area contributed by atoms with E-state index in [-0.39, 0.29) is 17.9 Å². The number of phenolic OH excluding ortho intramolecular Hbond substituents is 1. The molecule has 0 heterocycles. The molecule has 0 radical (unpaired) electrons. The number of benzene rings is 3. The quantitative estimate of drug-likeness (QED) is 0.741. The molecule has 0 saturated heterocycles. The van der Waals surface area contributed by atoms with Gasteiger partial charge in [-0.15, -0.1) is 0 Å². The van der Waals surface area contributed by atoms with Crippen molar-refractivity contribution in [3.05, 3.63) is 77.9 Å². The van der Waals surface area contributed by atoms with Crippen molar-refractivity contribution >= 4 is 16.7 Å². The van der Waals surface area contributed by atoms with Crippen LogP contribution in [0, 0.1) is 0 Å². The molecule has 0 aliphatic carbocycles. The lowest BCUT2D eigenvalue weighted by Crippen LogP contribution is -2.09. The zero-order valence-corrected chi connectivity index (χ0v) is 12.0. The molecule has 22 heavy (non-hydrogen) atoms. The van der Waals surface area contributed by atoms with Crippen molar-refractivity contribution in [3.63, 3.8) is 0 Å². The highest BCUT2D eigenvalue weighted by Crippen LogP contribution is 2.27. The Bertz CT molecular complexity index is 794. The van der Waals surface area contributed by atoms with Crippen molar-refractivity contribution in [2.75, 3.05) is 6.61 Å². The molecule has 3 nitrogen and oxygen atoms in total. The number of hydrogen-bond donors (Lipinski definition) is 1. The summed E-state index contributed by atoms with van der Waals surface area (Å²) >= 11 is 0. The molecule has 1 N–H and O–H groups in total. The molecule has 0 aliphatic heterocycles. The molecule has 3 rings (SSSR count). The smallest absolute Gasteiger partial charge is 0.342 e. The van der Waals surface area contributed by atoms with Crippen LogP contribution in [0.4, 0.5) is 0 Å².